The molecule has 23 heavy (non-hydrogen) atoms. The number of nitrogens with one attached hydrogen (secondary N) is 1. The Bertz CT molecular complexity index is 691. The Balaban J connectivity index is 1.74. The summed E-state index contributed by atoms with van der Waals surface area (Å²) in [6.07, 6.45) is 3.42. The maximum Gasteiger partial charge on any atom is 0.229 e. The van der Waals surface area contributed by atoms with E-state index < -0.39 is 0 Å². The molecule has 1 unspecified atom stereocenters. The second kappa shape index (κ2) is 5.63. The minimum absolute atomic E-state index is 0.200. The van der Waals surface area contributed by atoms with Gasteiger partial charge < -0.3 is 14.5 Å². The van der Waals surface area contributed by atoms with Crippen LogP contribution < -0.4 is 9.80 Å². The van der Waals surface area contributed by atoms with Crippen LogP contribution in [-0.4, -0.2) is 58.6 Å². The Labute approximate surface area is 136 Å². The van der Waals surface area contributed by atoms with E-state index in [0.29, 0.717) is 5.92 Å². The number of morpholine rings is 1. The lowest BCUT2D eigenvalue weighted by Crippen LogP contribution is -2.46. The first-order valence-corrected chi connectivity index (χ1v) is 8.46. The number of ether oxygens (including phenoxy) is 1. The van der Waals surface area contributed by atoms with Crippen molar-refractivity contribution in [1.82, 2.24) is 20.2 Å². The van der Waals surface area contributed by atoms with Gasteiger partial charge >= 0.3 is 0 Å². The largest absolute Gasteiger partial charge is 0.372 e. The van der Waals surface area contributed by atoms with Crippen LogP contribution in [0.3, 0.4) is 0 Å². The molecule has 4 rings (SSSR count). The standard InChI is InChI=1S/C16H24N6O/c1-10-4-5-21(7-10)16-18-14-13(6-17-20-14)15(19-16)22-8-11(2)23-12(3)9-22/h6,10-12H,4-5,7-9H2,1-3H3,(H,17,18,19,20)/t10?,11-,12+. The minimum atomic E-state index is 0.200. The molecule has 0 aliphatic carbocycles. The van der Waals surface area contributed by atoms with Crippen LogP contribution in [0.25, 0.3) is 11.0 Å². The second-order valence-corrected chi connectivity index (χ2v) is 6.98. The van der Waals surface area contributed by atoms with E-state index >= 15 is 0 Å². The van der Waals surface area contributed by atoms with E-state index in [1.54, 1.807) is 0 Å². The van der Waals surface area contributed by atoms with Gasteiger partial charge in [-0.25, -0.2) is 0 Å². The lowest BCUT2D eigenvalue weighted by molar-refractivity contribution is -0.00536. The van der Waals surface area contributed by atoms with Gasteiger partial charge in [0, 0.05) is 26.2 Å². The van der Waals surface area contributed by atoms with Gasteiger partial charge in [0.05, 0.1) is 23.8 Å². The summed E-state index contributed by atoms with van der Waals surface area (Å²) in [6.45, 7) is 10.2. The zero-order chi connectivity index (χ0) is 16.0. The van der Waals surface area contributed by atoms with Gasteiger partial charge in [0.2, 0.25) is 5.95 Å². The fourth-order valence-corrected chi connectivity index (χ4v) is 3.66. The molecule has 0 spiro atoms. The molecule has 124 valence electrons. The van der Waals surface area contributed by atoms with Gasteiger partial charge in [0.15, 0.2) is 5.65 Å². The van der Waals surface area contributed by atoms with Crippen molar-refractivity contribution in [2.24, 2.45) is 5.92 Å². The molecule has 7 nitrogen and oxygen atoms in total. The minimum Gasteiger partial charge on any atom is -0.372 e. The Morgan fingerprint density at radius 2 is 1.87 bits per heavy atom. The maximum absolute atomic E-state index is 5.86. The summed E-state index contributed by atoms with van der Waals surface area (Å²) in [5.41, 5.74) is 0.816. The molecular formula is C16H24N6O. The molecule has 2 fully saturated rings. The summed E-state index contributed by atoms with van der Waals surface area (Å²) in [6, 6.07) is 0. The van der Waals surface area contributed by atoms with Crippen LogP contribution in [0.4, 0.5) is 11.8 Å². The van der Waals surface area contributed by atoms with E-state index in [0.717, 1.165) is 49.0 Å². The van der Waals surface area contributed by atoms with Gasteiger partial charge in [-0.2, -0.15) is 15.1 Å². The Morgan fingerprint density at radius 1 is 1.09 bits per heavy atom. The van der Waals surface area contributed by atoms with Crippen molar-refractivity contribution < 1.29 is 4.74 Å². The van der Waals surface area contributed by atoms with Crippen molar-refractivity contribution in [2.45, 2.75) is 39.4 Å². The van der Waals surface area contributed by atoms with Crippen molar-refractivity contribution in [3.05, 3.63) is 6.20 Å². The van der Waals surface area contributed by atoms with E-state index in [1.165, 1.54) is 6.42 Å². The lowest BCUT2D eigenvalue weighted by atomic mass is 10.2. The van der Waals surface area contributed by atoms with Crippen LogP contribution in [0.2, 0.25) is 0 Å². The van der Waals surface area contributed by atoms with E-state index in [-0.39, 0.29) is 12.2 Å². The number of rotatable bonds is 2. The molecule has 0 saturated carbocycles. The molecule has 2 aromatic heterocycles. The van der Waals surface area contributed by atoms with Crippen LogP contribution in [-0.2, 0) is 4.74 Å². The van der Waals surface area contributed by atoms with Gasteiger partial charge in [-0.3, -0.25) is 5.10 Å². The number of nitrogens with zero attached hydrogens (tertiary/aromatic N) is 5. The summed E-state index contributed by atoms with van der Waals surface area (Å²) < 4.78 is 5.86. The monoisotopic (exact) mass is 316 g/mol. The Kier molecular flexibility index (Phi) is 3.60. The molecule has 7 heteroatoms. The molecule has 1 N–H and O–H groups in total. The Morgan fingerprint density at radius 3 is 2.57 bits per heavy atom. The molecule has 2 aliphatic heterocycles. The van der Waals surface area contributed by atoms with E-state index in [4.69, 9.17) is 9.72 Å². The van der Waals surface area contributed by atoms with Crippen molar-refractivity contribution in [3.8, 4) is 0 Å². The van der Waals surface area contributed by atoms with Gasteiger partial charge in [0.25, 0.3) is 0 Å². The van der Waals surface area contributed by atoms with Gasteiger partial charge in [-0.1, -0.05) is 6.92 Å². The third kappa shape index (κ3) is 2.73. The van der Waals surface area contributed by atoms with Crippen molar-refractivity contribution in [3.63, 3.8) is 0 Å². The van der Waals surface area contributed by atoms with Crippen LogP contribution in [0, 0.1) is 5.92 Å². The number of hydrogen-bond donors (Lipinski definition) is 1. The quantitative estimate of drug-likeness (QED) is 0.911. The highest BCUT2D eigenvalue weighted by atomic mass is 16.5. The highest BCUT2D eigenvalue weighted by molar-refractivity contribution is 5.87. The average Bonchev–Trinajstić information content (AvgIpc) is 3.13. The molecular weight excluding hydrogens is 292 g/mol. The normalized spacial score (nSPS) is 28.7. The number of aromatic nitrogens is 4. The third-order valence-electron chi connectivity index (χ3n) is 4.70. The van der Waals surface area contributed by atoms with Crippen LogP contribution in [0.5, 0.6) is 0 Å². The number of hydrogen-bond acceptors (Lipinski definition) is 6. The molecule has 0 amide bonds. The topological polar surface area (TPSA) is 70.2 Å². The number of anilines is 2. The molecule has 0 bridgehead atoms. The number of aromatic amines is 1. The maximum atomic E-state index is 5.86. The highest BCUT2D eigenvalue weighted by Gasteiger charge is 2.28. The van der Waals surface area contributed by atoms with E-state index in [2.05, 4.69) is 45.8 Å². The fourth-order valence-electron chi connectivity index (χ4n) is 3.66. The van der Waals surface area contributed by atoms with Crippen molar-refractivity contribution in [1.29, 1.82) is 0 Å². The Hall–Kier alpha value is -1.89. The van der Waals surface area contributed by atoms with Crippen LogP contribution in [0.15, 0.2) is 6.20 Å². The zero-order valence-corrected chi connectivity index (χ0v) is 14.0. The van der Waals surface area contributed by atoms with Crippen molar-refractivity contribution in [2.75, 3.05) is 36.0 Å². The fraction of sp³-hybridized carbons (Fsp3) is 0.688. The average molecular weight is 316 g/mol. The molecule has 3 atom stereocenters. The third-order valence-corrected chi connectivity index (χ3v) is 4.70. The van der Waals surface area contributed by atoms with Crippen molar-refractivity contribution >= 4 is 22.8 Å². The van der Waals surface area contributed by atoms with Gasteiger partial charge in [0.1, 0.15) is 5.82 Å². The highest BCUT2D eigenvalue weighted by Crippen LogP contribution is 2.29. The summed E-state index contributed by atoms with van der Waals surface area (Å²) in [5, 5.41) is 8.17. The van der Waals surface area contributed by atoms with Crippen LogP contribution in [0.1, 0.15) is 27.2 Å². The number of fused-ring (bicyclic) bond motifs is 1. The predicted octanol–water partition coefficient (Wildman–Crippen LogP) is 1.81. The van der Waals surface area contributed by atoms with Gasteiger partial charge in [-0.15, -0.1) is 0 Å². The number of H-pyrrole nitrogens is 1. The molecule has 0 aromatic carbocycles. The zero-order valence-electron chi connectivity index (χ0n) is 14.0. The van der Waals surface area contributed by atoms with Crippen LogP contribution >= 0.6 is 0 Å². The first-order valence-electron chi connectivity index (χ1n) is 8.46. The predicted molar refractivity (Wildman–Crippen MR) is 89.9 cm³/mol. The molecule has 2 aliphatic rings. The molecule has 2 aromatic rings. The van der Waals surface area contributed by atoms with Gasteiger partial charge in [-0.05, 0) is 26.2 Å². The molecule has 0 radical (unpaired) electrons. The summed E-state index contributed by atoms with van der Waals surface area (Å²) in [7, 11) is 0. The summed E-state index contributed by atoms with van der Waals surface area (Å²) in [4.78, 5) is 14.2. The van der Waals surface area contributed by atoms with E-state index in [1.807, 2.05) is 6.20 Å². The summed E-state index contributed by atoms with van der Waals surface area (Å²) in [5.74, 6) is 2.48. The summed E-state index contributed by atoms with van der Waals surface area (Å²) >= 11 is 0. The lowest BCUT2D eigenvalue weighted by Gasteiger charge is -2.36. The molecule has 4 heterocycles. The first-order chi connectivity index (χ1) is 11.1. The smallest absolute Gasteiger partial charge is 0.229 e. The second-order valence-electron chi connectivity index (χ2n) is 6.98. The molecule has 2 saturated heterocycles. The SMILES string of the molecule is CC1CCN(c2nc(N3C[C@@H](C)O[C@@H](C)C3)c3cn[nH]c3n2)C1. The first kappa shape index (κ1) is 14.7. The van der Waals surface area contributed by atoms with E-state index in [9.17, 15) is 0 Å².